The number of carbonyl (C=O) groups is 2. The van der Waals surface area contributed by atoms with Gasteiger partial charge in [0.2, 0.25) is 5.91 Å². The summed E-state index contributed by atoms with van der Waals surface area (Å²) in [6, 6.07) is 7.32. The Kier molecular flexibility index (Phi) is 7.91. The second kappa shape index (κ2) is 9.50. The number of ether oxygens (including phenoxy) is 1. The number of benzene rings is 1. The molecule has 0 aliphatic heterocycles. The molecule has 1 aromatic rings. The van der Waals surface area contributed by atoms with Gasteiger partial charge in [-0.05, 0) is 17.7 Å². The van der Waals surface area contributed by atoms with Crippen molar-refractivity contribution < 1.29 is 14.3 Å². The molecule has 0 fully saturated rings. The van der Waals surface area contributed by atoms with Crippen molar-refractivity contribution in [3.63, 3.8) is 0 Å². The average Bonchev–Trinajstić information content (AvgIpc) is 2.47. The summed E-state index contributed by atoms with van der Waals surface area (Å²) in [5.41, 5.74) is 1.70. The highest BCUT2D eigenvalue weighted by Gasteiger charge is 2.06. The van der Waals surface area contributed by atoms with Crippen LogP contribution < -0.4 is 10.6 Å². The number of alkyl halides is 1. The van der Waals surface area contributed by atoms with Crippen LogP contribution in [-0.2, 0) is 14.9 Å². The van der Waals surface area contributed by atoms with E-state index in [1.807, 2.05) is 12.1 Å². The molecule has 0 spiro atoms. The number of halogens is 1. The van der Waals surface area contributed by atoms with Crippen LogP contribution in [0.4, 0.5) is 0 Å². The van der Waals surface area contributed by atoms with Gasteiger partial charge in [-0.15, -0.1) is 0 Å². The smallest absolute Gasteiger partial charge is 0.251 e. The first-order valence-corrected chi connectivity index (χ1v) is 7.48. The molecular weight excluding hydrogens is 324 g/mol. The fourth-order valence-corrected chi connectivity index (χ4v) is 1.89. The largest absolute Gasteiger partial charge is 0.383 e. The minimum atomic E-state index is -0.171. The molecule has 0 radical (unpaired) electrons. The van der Waals surface area contributed by atoms with Crippen LogP contribution >= 0.6 is 15.9 Å². The molecule has 0 atom stereocenters. The highest BCUT2D eigenvalue weighted by molar-refractivity contribution is 9.08. The van der Waals surface area contributed by atoms with Gasteiger partial charge in [0.1, 0.15) is 0 Å². The van der Waals surface area contributed by atoms with Crippen LogP contribution in [0.25, 0.3) is 0 Å². The molecule has 110 valence electrons. The summed E-state index contributed by atoms with van der Waals surface area (Å²) >= 11 is 3.35. The number of rotatable bonds is 8. The summed E-state index contributed by atoms with van der Waals surface area (Å²) in [7, 11) is 1.58. The van der Waals surface area contributed by atoms with E-state index >= 15 is 0 Å². The highest BCUT2D eigenvalue weighted by atomic mass is 79.9. The van der Waals surface area contributed by atoms with Gasteiger partial charge in [-0.3, -0.25) is 9.59 Å². The molecule has 0 aliphatic carbocycles. The Morgan fingerprint density at radius 2 is 1.85 bits per heavy atom. The Morgan fingerprint density at radius 1 is 1.15 bits per heavy atom. The molecule has 0 aliphatic rings. The summed E-state index contributed by atoms with van der Waals surface area (Å²) in [6.45, 7) is 1.28. The standard InChI is InChI=1S/C14H19BrN2O3/c1-20-9-8-16-13(18)6-7-17-14(19)12-4-2-11(10-15)3-5-12/h2-5H,6-10H2,1H3,(H,16,18)(H,17,19). The van der Waals surface area contributed by atoms with E-state index in [4.69, 9.17) is 4.74 Å². The van der Waals surface area contributed by atoms with E-state index in [9.17, 15) is 9.59 Å². The molecule has 5 nitrogen and oxygen atoms in total. The Hall–Kier alpha value is -1.40. The molecule has 1 rings (SSSR count). The lowest BCUT2D eigenvalue weighted by molar-refractivity contribution is -0.121. The number of amides is 2. The maximum Gasteiger partial charge on any atom is 0.251 e. The van der Waals surface area contributed by atoms with E-state index in [1.54, 1.807) is 19.2 Å². The predicted molar refractivity (Wildman–Crippen MR) is 80.9 cm³/mol. The summed E-state index contributed by atoms with van der Waals surface area (Å²) < 4.78 is 4.82. The topological polar surface area (TPSA) is 67.4 Å². The van der Waals surface area contributed by atoms with Crippen molar-refractivity contribution in [3.05, 3.63) is 35.4 Å². The van der Waals surface area contributed by atoms with E-state index in [-0.39, 0.29) is 18.2 Å². The van der Waals surface area contributed by atoms with E-state index in [2.05, 4.69) is 26.6 Å². The number of methoxy groups -OCH3 is 1. The first-order valence-electron chi connectivity index (χ1n) is 6.36. The molecule has 0 bridgehead atoms. The molecule has 0 aromatic heterocycles. The lowest BCUT2D eigenvalue weighted by Crippen LogP contribution is -2.32. The Morgan fingerprint density at radius 3 is 2.45 bits per heavy atom. The fraction of sp³-hybridized carbons (Fsp3) is 0.429. The predicted octanol–water partition coefficient (Wildman–Crippen LogP) is 1.46. The maximum absolute atomic E-state index is 11.8. The first kappa shape index (κ1) is 16.7. The second-order valence-electron chi connectivity index (χ2n) is 4.18. The molecule has 2 amide bonds. The minimum Gasteiger partial charge on any atom is -0.383 e. The van der Waals surface area contributed by atoms with Crippen LogP contribution in [-0.4, -0.2) is 38.6 Å². The van der Waals surface area contributed by atoms with Crippen molar-refractivity contribution in [2.75, 3.05) is 26.8 Å². The molecule has 0 unspecified atom stereocenters. The zero-order valence-electron chi connectivity index (χ0n) is 11.4. The van der Waals surface area contributed by atoms with Crippen LogP contribution in [0.1, 0.15) is 22.3 Å². The third-order valence-electron chi connectivity index (χ3n) is 2.64. The van der Waals surface area contributed by atoms with Gasteiger partial charge in [0.05, 0.1) is 6.61 Å². The lowest BCUT2D eigenvalue weighted by atomic mass is 10.1. The zero-order valence-corrected chi connectivity index (χ0v) is 13.0. The molecule has 1 aromatic carbocycles. The summed E-state index contributed by atoms with van der Waals surface area (Å²) in [5.74, 6) is -0.271. The third kappa shape index (κ3) is 6.16. The van der Waals surface area contributed by atoms with Crippen molar-refractivity contribution >= 4 is 27.7 Å². The van der Waals surface area contributed by atoms with Gasteiger partial charge in [0.25, 0.3) is 5.91 Å². The van der Waals surface area contributed by atoms with Gasteiger partial charge in [-0.2, -0.15) is 0 Å². The Balaban J connectivity index is 2.27. The molecule has 6 heteroatoms. The highest BCUT2D eigenvalue weighted by Crippen LogP contribution is 2.07. The lowest BCUT2D eigenvalue weighted by Gasteiger charge is -2.07. The molecule has 0 heterocycles. The van der Waals surface area contributed by atoms with E-state index in [0.29, 0.717) is 25.3 Å². The van der Waals surface area contributed by atoms with Crippen LogP contribution in [0.5, 0.6) is 0 Å². The van der Waals surface area contributed by atoms with Crippen molar-refractivity contribution in [2.45, 2.75) is 11.8 Å². The van der Waals surface area contributed by atoms with Gasteiger partial charge in [0.15, 0.2) is 0 Å². The molecule has 20 heavy (non-hydrogen) atoms. The van der Waals surface area contributed by atoms with E-state index in [1.165, 1.54) is 0 Å². The van der Waals surface area contributed by atoms with Gasteiger partial charge < -0.3 is 15.4 Å². The molecule has 0 saturated heterocycles. The molecular formula is C14H19BrN2O3. The quantitative estimate of drug-likeness (QED) is 0.555. The zero-order chi connectivity index (χ0) is 14.8. The van der Waals surface area contributed by atoms with E-state index < -0.39 is 0 Å². The van der Waals surface area contributed by atoms with Crippen molar-refractivity contribution in [1.82, 2.24) is 10.6 Å². The first-order chi connectivity index (χ1) is 9.67. The number of hydrogen-bond donors (Lipinski definition) is 2. The Bertz CT molecular complexity index is 435. The minimum absolute atomic E-state index is 0.100. The van der Waals surface area contributed by atoms with E-state index in [0.717, 1.165) is 10.9 Å². The molecule has 2 N–H and O–H groups in total. The SMILES string of the molecule is COCCNC(=O)CCNC(=O)c1ccc(CBr)cc1. The average molecular weight is 343 g/mol. The van der Waals surface area contributed by atoms with Crippen LogP contribution in [0.15, 0.2) is 24.3 Å². The number of hydrogen-bond acceptors (Lipinski definition) is 3. The monoisotopic (exact) mass is 342 g/mol. The van der Waals surface area contributed by atoms with Crippen molar-refractivity contribution in [1.29, 1.82) is 0 Å². The van der Waals surface area contributed by atoms with Gasteiger partial charge in [-0.1, -0.05) is 28.1 Å². The van der Waals surface area contributed by atoms with Crippen LogP contribution in [0.2, 0.25) is 0 Å². The van der Waals surface area contributed by atoms with Crippen LogP contribution in [0.3, 0.4) is 0 Å². The molecule has 0 saturated carbocycles. The number of carbonyl (C=O) groups excluding carboxylic acids is 2. The Labute approximate surface area is 127 Å². The summed E-state index contributed by atoms with van der Waals surface area (Å²) in [6.07, 6.45) is 0.259. The summed E-state index contributed by atoms with van der Waals surface area (Å²) in [4.78, 5) is 23.2. The normalized spacial score (nSPS) is 10.1. The van der Waals surface area contributed by atoms with Crippen LogP contribution in [0, 0.1) is 0 Å². The van der Waals surface area contributed by atoms with Crippen molar-refractivity contribution in [2.24, 2.45) is 0 Å². The third-order valence-corrected chi connectivity index (χ3v) is 3.28. The van der Waals surface area contributed by atoms with Crippen molar-refractivity contribution in [3.8, 4) is 0 Å². The van der Waals surface area contributed by atoms with Gasteiger partial charge >= 0.3 is 0 Å². The van der Waals surface area contributed by atoms with Gasteiger partial charge in [-0.25, -0.2) is 0 Å². The summed E-state index contributed by atoms with van der Waals surface area (Å²) in [5, 5.41) is 6.17. The number of nitrogens with one attached hydrogen (secondary N) is 2. The second-order valence-corrected chi connectivity index (χ2v) is 4.74. The maximum atomic E-state index is 11.8. The fourth-order valence-electron chi connectivity index (χ4n) is 1.52. The van der Waals surface area contributed by atoms with Gasteiger partial charge in [0, 0.05) is 37.5 Å².